The molecule has 0 radical (unpaired) electrons. The number of benzene rings is 6. The molecular formula is C42H35N3S. The number of aromatic nitrogens is 3. The summed E-state index contributed by atoms with van der Waals surface area (Å²) in [4.78, 5) is 16.3. The van der Waals surface area contributed by atoms with Gasteiger partial charge in [0, 0.05) is 16.7 Å². The van der Waals surface area contributed by atoms with Crippen LogP contribution in [0.4, 0.5) is 0 Å². The first-order valence-electron chi connectivity index (χ1n) is 15.4. The number of hydrogen-bond donors (Lipinski definition) is 0. The highest BCUT2D eigenvalue weighted by atomic mass is 32.3. The van der Waals surface area contributed by atoms with Crippen LogP contribution < -0.4 is 0 Å². The van der Waals surface area contributed by atoms with Gasteiger partial charge in [-0.15, -0.1) is 0 Å². The minimum absolute atomic E-state index is 0.648. The fraction of sp³-hybridized carbons (Fsp3) is 0.0714. The predicted molar refractivity (Wildman–Crippen MR) is 196 cm³/mol. The number of rotatable bonds is 7. The third-order valence-electron chi connectivity index (χ3n) is 8.11. The molecule has 0 amide bonds. The zero-order chi connectivity index (χ0) is 31.5. The quantitative estimate of drug-likeness (QED) is 0.179. The van der Waals surface area contributed by atoms with Crippen LogP contribution in [0.1, 0.15) is 0 Å². The monoisotopic (exact) mass is 613 g/mol. The van der Waals surface area contributed by atoms with E-state index < -0.39 is 10.0 Å². The second kappa shape index (κ2) is 12.6. The molecule has 6 aromatic carbocycles. The maximum Gasteiger partial charge on any atom is 0.164 e. The van der Waals surface area contributed by atoms with Crippen molar-refractivity contribution < 1.29 is 0 Å². The van der Waals surface area contributed by atoms with Crippen molar-refractivity contribution in [2.75, 3.05) is 18.8 Å². The summed E-state index contributed by atoms with van der Waals surface area (Å²) in [5.41, 5.74) is 9.91. The summed E-state index contributed by atoms with van der Waals surface area (Å²) in [5, 5.41) is 0. The highest BCUT2D eigenvalue weighted by Crippen LogP contribution is 2.46. The zero-order valence-corrected chi connectivity index (χ0v) is 27.1. The Hall–Kier alpha value is -5.32. The standard InChI is InChI=1S/C42H35N3S/c1-46(2,3)39-22-12-20-37(29-39)35-18-10-17-34(27-35)36-19-11-21-38(28-36)42-44-40(32-15-8-5-9-16-32)43-41(45-42)33-25-23-31(24-26-33)30-13-6-4-7-14-30/h4-29H,1-3H3. The van der Waals surface area contributed by atoms with Gasteiger partial charge in [-0.1, -0.05) is 140 Å². The Balaban J connectivity index is 1.28. The van der Waals surface area contributed by atoms with Crippen molar-refractivity contribution in [2.45, 2.75) is 4.90 Å². The topological polar surface area (TPSA) is 38.7 Å². The van der Waals surface area contributed by atoms with E-state index in [1.54, 1.807) is 0 Å². The molecule has 0 atom stereocenters. The van der Waals surface area contributed by atoms with Crippen molar-refractivity contribution in [2.24, 2.45) is 0 Å². The lowest BCUT2D eigenvalue weighted by atomic mass is 9.98. The highest BCUT2D eigenvalue weighted by Gasteiger charge is 2.14. The second-order valence-electron chi connectivity index (χ2n) is 12.1. The smallest absolute Gasteiger partial charge is 0.164 e. The predicted octanol–water partition coefficient (Wildman–Crippen LogP) is 10.9. The largest absolute Gasteiger partial charge is 0.223 e. The fourth-order valence-electron chi connectivity index (χ4n) is 5.57. The van der Waals surface area contributed by atoms with Gasteiger partial charge in [0.25, 0.3) is 0 Å². The summed E-state index contributed by atoms with van der Waals surface area (Å²) in [6.45, 7) is 0. The van der Waals surface area contributed by atoms with Gasteiger partial charge in [0.2, 0.25) is 0 Å². The van der Waals surface area contributed by atoms with Gasteiger partial charge in [-0.2, -0.15) is 0 Å². The van der Waals surface area contributed by atoms with Crippen LogP contribution in [-0.2, 0) is 0 Å². The van der Waals surface area contributed by atoms with Gasteiger partial charge in [-0.25, -0.2) is 25.0 Å². The van der Waals surface area contributed by atoms with Crippen molar-refractivity contribution in [1.82, 2.24) is 15.0 Å². The normalized spacial score (nSPS) is 11.7. The van der Waals surface area contributed by atoms with E-state index in [1.165, 1.54) is 21.6 Å². The Morgan fingerprint density at radius 2 is 0.652 bits per heavy atom. The maximum atomic E-state index is 5.01. The average molecular weight is 614 g/mol. The van der Waals surface area contributed by atoms with Crippen LogP contribution in [0.25, 0.3) is 67.5 Å². The number of nitrogens with zero attached hydrogens (tertiary/aromatic N) is 3. The van der Waals surface area contributed by atoms with E-state index in [1.807, 2.05) is 36.4 Å². The van der Waals surface area contributed by atoms with Crippen LogP contribution in [0.5, 0.6) is 0 Å². The molecule has 7 rings (SSSR count). The van der Waals surface area contributed by atoms with Crippen LogP contribution >= 0.6 is 10.0 Å². The molecule has 0 unspecified atom stereocenters. The van der Waals surface area contributed by atoms with E-state index in [0.29, 0.717) is 17.5 Å². The second-order valence-corrected chi connectivity index (χ2v) is 16.3. The summed E-state index contributed by atoms with van der Waals surface area (Å²) in [7, 11) is -0.813. The molecule has 3 nitrogen and oxygen atoms in total. The molecule has 0 aliphatic heterocycles. The van der Waals surface area contributed by atoms with Gasteiger partial charge < -0.3 is 0 Å². The number of hydrogen-bond acceptors (Lipinski definition) is 3. The minimum atomic E-state index is -0.813. The third-order valence-corrected chi connectivity index (χ3v) is 9.78. The maximum absolute atomic E-state index is 5.01. The Labute approximate surface area is 273 Å². The summed E-state index contributed by atoms with van der Waals surface area (Å²) >= 11 is 0. The summed E-state index contributed by atoms with van der Waals surface area (Å²) in [6, 6.07) is 55.2. The van der Waals surface area contributed by atoms with Crippen LogP contribution in [0.2, 0.25) is 0 Å². The molecule has 224 valence electrons. The molecule has 0 saturated carbocycles. The van der Waals surface area contributed by atoms with E-state index in [-0.39, 0.29) is 0 Å². The van der Waals surface area contributed by atoms with E-state index >= 15 is 0 Å². The first-order valence-corrected chi connectivity index (χ1v) is 18.2. The molecule has 0 fully saturated rings. The summed E-state index contributed by atoms with van der Waals surface area (Å²) in [6.07, 6.45) is 7.01. The van der Waals surface area contributed by atoms with Gasteiger partial charge in [0.1, 0.15) is 0 Å². The van der Waals surface area contributed by atoms with Crippen molar-refractivity contribution in [1.29, 1.82) is 0 Å². The molecule has 0 bridgehead atoms. The Bertz CT molecular complexity index is 2120. The lowest BCUT2D eigenvalue weighted by molar-refractivity contribution is 1.07. The molecule has 46 heavy (non-hydrogen) atoms. The molecule has 0 aliphatic carbocycles. The van der Waals surface area contributed by atoms with Gasteiger partial charge in [0.15, 0.2) is 17.5 Å². The molecule has 0 saturated heterocycles. The average Bonchev–Trinajstić information content (AvgIpc) is 3.12. The molecule has 0 aliphatic rings. The van der Waals surface area contributed by atoms with Crippen molar-refractivity contribution in [3.63, 3.8) is 0 Å². The third kappa shape index (κ3) is 6.39. The van der Waals surface area contributed by atoms with Crippen LogP contribution in [0.3, 0.4) is 0 Å². The first kappa shape index (κ1) is 29.4. The van der Waals surface area contributed by atoms with Crippen molar-refractivity contribution in [3.05, 3.63) is 158 Å². The van der Waals surface area contributed by atoms with Gasteiger partial charge in [-0.05, 0) is 75.2 Å². The van der Waals surface area contributed by atoms with E-state index in [2.05, 4.69) is 140 Å². The van der Waals surface area contributed by atoms with E-state index in [0.717, 1.165) is 33.4 Å². The molecule has 0 spiro atoms. The molecule has 1 aromatic heterocycles. The summed E-state index contributed by atoms with van der Waals surface area (Å²) < 4.78 is 0. The molecule has 1 heterocycles. The summed E-state index contributed by atoms with van der Waals surface area (Å²) in [5.74, 6) is 1.95. The van der Waals surface area contributed by atoms with Crippen LogP contribution in [0.15, 0.2) is 163 Å². The lowest BCUT2D eigenvalue weighted by Crippen LogP contribution is -2.00. The Morgan fingerprint density at radius 3 is 1.20 bits per heavy atom. The van der Waals surface area contributed by atoms with Gasteiger partial charge >= 0.3 is 0 Å². The van der Waals surface area contributed by atoms with E-state index in [9.17, 15) is 0 Å². The van der Waals surface area contributed by atoms with Gasteiger partial charge in [-0.3, -0.25) is 0 Å². The minimum Gasteiger partial charge on any atom is -0.223 e. The van der Waals surface area contributed by atoms with Crippen LogP contribution in [0, 0.1) is 0 Å². The fourth-order valence-corrected chi connectivity index (χ4v) is 6.53. The Morgan fingerprint density at radius 1 is 0.304 bits per heavy atom. The first-order chi connectivity index (χ1) is 22.4. The highest BCUT2D eigenvalue weighted by molar-refractivity contribution is 8.32. The van der Waals surface area contributed by atoms with Gasteiger partial charge in [0.05, 0.1) is 0 Å². The molecule has 4 heteroatoms. The molecular weight excluding hydrogens is 579 g/mol. The van der Waals surface area contributed by atoms with Crippen molar-refractivity contribution in [3.8, 4) is 67.5 Å². The molecule has 0 N–H and O–H groups in total. The molecule has 7 aromatic rings. The SMILES string of the molecule is CS(C)(C)c1cccc(-c2cccc(-c3cccc(-c4nc(-c5ccccc5)nc(-c5ccc(-c6ccccc6)cc5)n4)c3)c2)c1. The van der Waals surface area contributed by atoms with E-state index in [4.69, 9.17) is 15.0 Å². The zero-order valence-electron chi connectivity index (χ0n) is 26.3. The lowest BCUT2D eigenvalue weighted by Gasteiger charge is -2.26. The Kier molecular flexibility index (Phi) is 8.04. The van der Waals surface area contributed by atoms with Crippen LogP contribution in [-0.4, -0.2) is 33.7 Å². The van der Waals surface area contributed by atoms with Crippen molar-refractivity contribution >= 4 is 10.0 Å².